The maximum atomic E-state index is 11.0. The number of carbonyl (C=O) groups excluding carboxylic acids is 1. The van der Waals surface area contributed by atoms with Crippen LogP contribution >= 0.6 is 0 Å². The highest BCUT2D eigenvalue weighted by atomic mass is 16.8. The zero-order valence-corrected chi connectivity index (χ0v) is 8.59. The van der Waals surface area contributed by atoms with E-state index in [0.717, 1.165) is 0 Å². The summed E-state index contributed by atoms with van der Waals surface area (Å²) in [6, 6.07) is 0. The molecule has 0 saturated carbocycles. The Morgan fingerprint density at radius 3 is 2.38 bits per heavy atom. The van der Waals surface area contributed by atoms with Gasteiger partial charge in [-0.15, -0.1) is 0 Å². The Bertz CT molecular complexity index is 239. The largest absolute Gasteiger partial charge is 0.509 e. The van der Waals surface area contributed by atoms with E-state index in [-0.39, 0.29) is 11.5 Å². The quantitative estimate of drug-likeness (QED) is 0.464. The van der Waals surface area contributed by atoms with E-state index in [1.54, 1.807) is 13.0 Å². The molecule has 1 fully saturated rings. The van der Waals surface area contributed by atoms with Crippen molar-refractivity contribution >= 4 is 6.16 Å². The first-order valence-electron chi connectivity index (χ1n) is 4.33. The van der Waals surface area contributed by atoms with Gasteiger partial charge >= 0.3 is 6.16 Å². The van der Waals surface area contributed by atoms with Crippen LogP contribution in [0.4, 0.5) is 4.79 Å². The van der Waals surface area contributed by atoms with Crippen molar-refractivity contribution in [3.05, 3.63) is 12.7 Å². The molecular formula is C10H16O3. The summed E-state index contributed by atoms with van der Waals surface area (Å²) < 4.78 is 10.2. The fraction of sp³-hybridized carbons (Fsp3) is 0.700. The van der Waals surface area contributed by atoms with Crippen molar-refractivity contribution in [1.82, 2.24) is 0 Å². The molecule has 1 heterocycles. The smallest absolute Gasteiger partial charge is 0.426 e. The minimum atomic E-state index is -0.699. The lowest BCUT2D eigenvalue weighted by Crippen LogP contribution is -2.43. The van der Waals surface area contributed by atoms with E-state index in [4.69, 9.17) is 9.47 Å². The van der Waals surface area contributed by atoms with Crippen LogP contribution in [0.15, 0.2) is 12.7 Å². The summed E-state index contributed by atoms with van der Waals surface area (Å²) in [5.74, 6) is 0. The molecule has 0 amide bonds. The van der Waals surface area contributed by atoms with Gasteiger partial charge in [-0.25, -0.2) is 4.79 Å². The van der Waals surface area contributed by atoms with E-state index in [2.05, 4.69) is 6.58 Å². The van der Waals surface area contributed by atoms with Crippen molar-refractivity contribution in [2.24, 2.45) is 5.41 Å². The third-order valence-corrected chi connectivity index (χ3v) is 2.23. The molecule has 0 spiro atoms. The molecule has 2 atom stereocenters. The lowest BCUT2D eigenvalue weighted by Gasteiger charge is -2.32. The molecule has 1 rings (SSSR count). The molecule has 0 aromatic rings. The van der Waals surface area contributed by atoms with Gasteiger partial charge in [0.15, 0.2) is 11.7 Å². The molecule has 3 nitrogen and oxygen atoms in total. The van der Waals surface area contributed by atoms with Crippen molar-refractivity contribution in [3.63, 3.8) is 0 Å². The van der Waals surface area contributed by atoms with Gasteiger partial charge < -0.3 is 9.47 Å². The average Bonchev–Trinajstić information content (AvgIpc) is 2.26. The number of hydrogen-bond acceptors (Lipinski definition) is 3. The summed E-state index contributed by atoms with van der Waals surface area (Å²) in [6.07, 6.45) is 0.737. The number of carbonyl (C=O) groups is 1. The zero-order chi connectivity index (χ0) is 10.3. The molecule has 0 radical (unpaired) electrons. The molecule has 0 bridgehead atoms. The molecule has 0 N–H and O–H groups in total. The van der Waals surface area contributed by atoms with Crippen LogP contribution in [-0.4, -0.2) is 17.9 Å². The molecule has 1 aliphatic rings. The first-order chi connectivity index (χ1) is 5.79. The van der Waals surface area contributed by atoms with Gasteiger partial charge in [0.1, 0.15) is 0 Å². The number of cyclic esters (lactones) is 2. The van der Waals surface area contributed by atoms with Crippen LogP contribution in [0.25, 0.3) is 0 Å². The zero-order valence-electron chi connectivity index (χ0n) is 8.59. The predicted octanol–water partition coefficient (Wildman–Crippen LogP) is 2.51. The summed E-state index contributed by atoms with van der Waals surface area (Å²) in [4.78, 5) is 11.0. The molecule has 0 aromatic carbocycles. The van der Waals surface area contributed by atoms with Crippen LogP contribution in [0.1, 0.15) is 27.7 Å². The minimum absolute atomic E-state index is 0.144. The minimum Gasteiger partial charge on any atom is -0.426 e. The van der Waals surface area contributed by atoms with Crippen LogP contribution in [0, 0.1) is 5.41 Å². The second-order valence-corrected chi connectivity index (χ2v) is 4.60. The van der Waals surface area contributed by atoms with Crippen molar-refractivity contribution in [2.45, 2.75) is 39.4 Å². The van der Waals surface area contributed by atoms with Gasteiger partial charge in [0.25, 0.3) is 0 Å². The highest BCUT2D eigenvalue weighted by molar-refractivity contribution is 5.64. The first-order valence-corrected chi connectivity index (χ1v) is 4.33. The molecular weight excluding hydrogens is 168 g/mol. The van der Waals surface area contributed by atoms with Gasteiger partial charge in [0.05, 0.1) is 0 Å². The maximum absolute atomic E-state index is 11.0. The van der Waals surface area contributed by atoms with E-state index in [1.165, 1.54) is 0 Å². The Balaban J connectivity index is 2.97. The molecule has 1 aliphatic heterocycles. The number of hydrogen-bond donors (Lipinski definition) is 0. The van der Waals surface area contributed by atoms with Crippen molar-refractivity contribution in [2.75, 3.05) is 0 Å². The normalized spacial score (nSPS) is 33.8. The van der Waals surface area contributed by atoms with E-state index in [1.807, 2.05) is 20.8 Å². The summed E-state index contributed by atoms with van der Waals surface area (Å²) in [5, 5.41) is 0. The molecule has 0 aromatic heterocycles. The van der Waals surface area contributed by atoms with Crippen LogP contribution in [0.5, 0.6) is 0 Å². The second-order valence-electron chi connectivity index (χ2n) is 4.60. The second kappa shape index (κ2) is 2.76. The van der Waals surface area contributed by atoms with Crippen molar-refractivity contribution in [3.8, 4) is 0 Å². The van der Waals surface area contributed by atoms with Crippen molar-refractivity contribution in [1.29, 1.82) is 0 Å². The van der Waals surface area contributed by atoms with Crippen LogP contribution < -0.4 is 0 Å². The summed E-state index contributed by atoms with van der Waals surface area (Å²) >= 11 is 0. The standard InChI is InChI=1S/C10H16O3/c1-6-10(5)7(9(2,3)4)12-8(11)13-10/h6-7H,1H2,2-5H3. The van der Waals surface area contributed by atoms with E-state index < -0.39 is 11.8 Å². The molecule has 74 valence electrons. The van der Waals surface area contributed by atoms with Gasteiger partial charge in [0.2, 0.25) is 0 Å². The monoisotopic (exact) mass is 184 g/mol. The summed E-state index contributed by atoms with van der Waals surface area (Å²) in [5.41, 5.74) is -0.843. The Kier molecular flexibility index (Phi) is 2.14. The Hall–Kier alpha value is -0.990. The highest BCUT2D eigenvalue weighted by Crippen LogP contribution is 2.38. The van der Waals surface area contributed by atoms with E-state index in [0.29, 0.717) is 0 Å². The summed E-state index contributed by atoms with van der Waals surface area (Å²) in [6.45, 7) is 11.5. The molecule has 13 heavy (non-hydrogen) atoms. The topological polar surface area (TPSA) is 35.5 Å². The van der Waals surface area contributed by atoms with Crippen LogP contribution in [0.3, 0.4) is 0 Å². The Morgan fingerprint density at radius 2 is 2.08 bits per heavy atom. The molecule has 2 unspecified atom stereocenters. The van der Waals surface area contributed by atoms with E-state index in [9.17, 15) is 4.79 Å². The number of ether oxygens (including phenoxy) is 2. The first kappa shape index (κ1) is 10.1. The lowest BCUT2D eigenvalue weighted by molar-refractivity contribution is 0.0220. The maximum Gasteiger partial charge on any atom is 0.509 e. The molecule has 3 heteroatoms. The third kappa shape index (κ3) is 1.69. The van der Waals surface area contributed by atoms with Crippen LogP contribution in [0.2, 0.25) is 0 Å². The van der Waals surface area contributed by atoms with Gasteiger partial charge in [-0.1, -0.05) is 27.4 Å². The Labute approximate surface area is 78.7 Å². The highest BCUT2D eigenvalue weighted by Gasteiger charge is 2.51. The Morgan fingerprint density at radius 1 is 1.54 bits per heavy atom. The van der Waals surface area contributed by atoms with Gasteiger partial charge in [0, 0.05) is 5.41 Å². The SMILES string of the molecule is C=CC1(C)OC(=O)OC1C(C)(C)C. The van der Waals surface area contributed by atoms with Gasteiger partial charge in [-0.2, -0.15) is 0 Å². The van der Waals surface area contributed by atoms with Gasteiger partial charge in [-0.05, 0) is 13.0 Å². The fourth-order valence-corrected chi connectivity index (χ4v) is 1.66. The molecule has 1 saturated heterocycles. The average molecular weight is 184 g/mol. The number of rotatable bonds is 1. The third-order valence-electron chi connectivity index (χ3n) is 2.23. The van der Waals surface area contributed by atoms with Crippen LogP contribution in [-0.2, 0) is 9.47 Å². The fourth-order valence-electron chi connectivity index (χ4n) is 1.66. The lowest BCUT2D eigenvalue weighted by atomic mass is 9.79. The predicted molar refractivity (Wildman–Crippen MR) is 49.4 cm³/mol. The summed E-state index contributed by atoms with van der Waals surface area (Å²) in [7, 11) is 0. The van der Waals surface area contributed by atoms with Crippen molar-refractivity contribution < 1.29 is 14.3 Å². The van der Waals surface area contributed by atoms with Gasteiger partial charge in [-0.3, -0.25) is 0 Å². The molecule has 0 aliphatic carbocycles. The van der Waals surface area contributed by atoms with E-state index >= 15 is 0 Å².